The van der Waals surface area contributed by atoms with Crippen molar-refractivity contribution in [2.45, 2.75) is 36.5 Å². The molecule has 0 spiro atoms. The summed E-state index contributed by atoms with van der Waals surface area (Å²) in [5.41, 5.74) is 5.65. The maximum absolute atomic E-state index is 2.43. The van der Waals surface area contributed by atoms with Crippen LogP contribution in [0.3, 0.4) is 0 Å². The second-order valence-electron chi connectivity index (χ2n) is 7.24. The molecule has 1 aliphatic rings. The monoisotopic (exact) mass is 337 g/mol. The fraction of sp³-hybridized carbons (Fsp3) is 0.364. The van der Waals surface area contributed by atoms with Crippen molar-refractivity contribution in [1.29, 1.82) is 0 Å². The lowest BCUT2D eigenvalue weighted by atomic mass is 9.93. The highest BCUT2D eigenvalue weighted by Crippen LogP contribution is 2.45. The number of hydrogen-bond donors (Lipinski definition) is 0. The van der Waals surface area contributed by atoms with Crippen LogP contribution in [0.2, 0.25) is 0 Å². The number of fused-ring (bicyclic) bond motifs is 2. The molecule has 0 aliphatic carbocycles. The summed E-state index contributed by atoms with van der Waals surface area (Å²) in [6, 6.07) is 15.8. The van der Waals surface area contributed by atoms with Gasteiger partial charge in [0.1, 0.15) is 0 Å². The number of rotatable bonds is 5. The number of benzene rings is 2. The van der Waals surface area contributed by atoms with Crippen LogP contribution in [0, 0.1) is 5.92 Å². The average Bonchev–Trinajstić information content (AvgIpc) is 2.53. The third-order valence-electron chi connectivity index (χ3n) is 4.30. The SMILES string of the molecule is CC(C)Cc1ccc2c(c1)/C(=C\CCN(C)C)c1ccccc1S2. The molecule has 0 atom stereocenters. The van der Waals surface area contributed by atoms with Crippen LogP contribution in [-0.4, -0.2) is 25.5 Å². The summed E-state index contributed by atoms with van der Waals surface area (Å²) in [5.74, 6) is 0.688. The van der Waals surface area contributed by atoms with Crippen LogP contribution in [0.1, 0.15) is 37.0 Å². The summed E-state index contributed by atoms with van der Waals surface area (Å²) in [6.07, 6.45) is 4.65. The minimum atomic E-state index is 0.688. The van der Waals surface area contributed by atoms with E-state index in [9.17, 15) is 0 Å². The van der Waals surface area contributed by atoms with E-state index >= 15 is 0 Å². The maximum atomic E-state index is 2.43. The zero-order valence-electron chi connectivity index (χ0n) is 15.2. The molecule has 0 amide bonds. The zero-order chi connectivity index (χ0) is 17.1. The van der Waals surface area contributed by atoms with Crippen molar-refractivity contribution in [2.75, 3.05) is 20.6 Å². The van der Waals surface area contributed by atoms with E-state index in [1.807, 2.05) is 11.8 Å². The summed E-state index contributed by atoms with van der Waals surface area (Å²) < 4.78 is 0. The molecule has 0 fully saturated rings. The second-order valence-corrected chi connectivity index (χ2v) is 8.32. The normalized spacial score (nSPS) is 15.0. The Bertz CT molecular complexity index is 743. The van der Waals surface area contributed by atoms with Crippen LogP contribution in [0.5, 0.6) is 0 Å². The summed E-state index contributed by atoms with van der Waals surface area (Å²) in [7, 11) is 4.27. The van der Waals surface area contributed by atoms with Crippen molar-refractivity contribution >= 4 is 17.3 Å². The molecule has 1 aliphatic heterocycles. The van der Waals surface area contributed by atoms with Gasteiger partial charge in [-0.1, -0.05) is 56.0 Å². The topological polar surface area (TPSA) is 3.24 Å². The predicted octanol–water partition coefficient (Wildman–Crippen LogP) is 5.73. The summed E-state index contributed by atoms with van der Waals surface area (Å²) in [4.78, 5) is 5.01. The Morgan fingerprint density at radius 3 is 2.50 bits per heavy atom. The van der Waals surface area contributed by atoms with Crippen molar-refractivity contribution in [3.63, 3.8) is 0 Å². The van der Waals surface area contributed by atoms with Crippen LogP contribution in [0.25, 0.3) is 5.57 Å². The van der Waals surface area contributed by atoms with Crippen molar-refractivity contribution in [3.05, 3.63) is 65.2 Å². The molecule has 0 unspecified atom stereocenters. The smallest absolute Gasteiger partial charge is 0.0201 e. The van der Waals surface area contributed by atoms with Gasteiger partial charge in [0.15, 0.2) is 0 Å². The minimum Gasteiger partial charge on any atom is -0.309 e. The van der Waals surface area contributed by atoms with Crippen LogP contribution >= 0.6 is 11.8 Å². The molecule has 0 saturated carbocycles. The van der Waals surface area contributed by atoms with Gasteiger partial charge in [0, 0.05) is 16.3 Å². The Hall–Kier alpha value is -1.51. The van der Waals surface area contributed by atoms with E-state index in [-0.39, 0.29) is 0 Å². The highest BCUT2D eigenvalue weighted by atomic mass is 32.2. The highest BCUT2D eigenvalue weighted by Gasteiger charge is 2.20. The fourth-order valence-corrected chi connectivity index (χ4v) is 4.29. The first-order valence-corrected chi connectivity index (χ1v) is 9.61. The number of hydrogen-bond acceptors (Lipinski definition) is 2. The quantitative estimate of drug-likeness (QED) is 0.584. The molecule has 3 rings (SSSR count). The molecule has 0 aromatic heterocycles. The molecule has 1 heterocycles. The largest absolute Gasteiger partial charge is 0.309 e. The van der Waals surface area contributed by atoms with Gasteiger partial charge in [-0.05, 0) is 73.3 Å². The lowest BCUT2D eigenvalue weighted by molar-refractivity contribution is 0.417. The molecule has 1 nitrogen and oxygen atoms in total. The van der Waals surface area contributed by atoms with Gasteiger partial charge in [-0.3, -0.25) is 0 Å². The molecular weight excluding hydrogens is 310 g/mol. The molecule has 2 aromatic rings. The molecule has 24 heavy (non-hydrogen) atoms. The van der Waals surface area contributed by atoms with Crippen molar-refractivity contribution < 1.29 is 0 Å². The van der Waals surface area contributed by atoms with Crippen molar-refractivity contribution in [3.8, 4) is 0 Å². The van der Waals surface area contributed by atoms with Crippen molar-refractivity contribution in [1.82, 2.24) is 4.90 Å². The molecule has 0 N–H and O–H groups in total. The predicted molar refractivity (Wildman–Crippen MR) is 106 cm³/mol. The van der Waals surface area contributed by atoms with Crippen molar-refractivity contribution in [2.24, 2.45) is 5.92 Å². The number of nitrogens with zero attached hydrogens (tertiary/aromatic N) is 1. The Balaban J connectivity index is 2.02. The van der Waals surface area contributed by atoms with Gasteiger partial charge >= 0.3 is 0 Å². The Labute approximate surface area is 150 Å². The fourth-order valence-electron chi connectivity index (χ4n) is 3.20. The van der Waals surface area contributed by atoms with Crippen LogP contribution in [-0.2, 0) is 6.42 Å². The van der Waals surface area contributed by atoms with Gasteiger partial charge in [0.25, 0.3) is 0 Å². The zero-order valence-corrected chi connectivity index (χ0v) is 16.0. The Morgan fingerprint density at radius 1 is 1.00 bits per heavy atom. The lowest BCUT2D eigenvalue weighted by Crippen LogP contribution is -2.12. The van der Waals surface area contributed by atoms with Gasteiger partial charge in [-0.15, -0.1) is 0 Å². The summed E-state index contributed by atoms with van der Waals surface area (Å²) in [6.45, 7) is 5.66. The van der Waals surface area contributed by atoms with Gasteiger partial charge in [-0.2, -0.15) is 0 Å². The van der Waals surface area contributed by atoms with Gasteiger partial charge in [0.2, 0.25) is 0 Å². The van der Waals surface area contributed by atoms with E-state index in [0.29, 0.717) is 5.92 Å². The van der Waals surface area contributed by atoms with Gasteiger partial charge < -0.3 is 4.90 Å². The molecule has 0 saturated heterocycles. The van der Waals surface area contributed by atoms with E-state index in [1.54, 1.807) is 0 Å². The summed E-state index contributed by atoms with van der Waals surface area (Å²) >= 11 is 1.90. The molecule has 2 heteroatoms. The highest BCUT2D eigenvalue weighted by molar-refractivity contribution is 7.99. The van der Waals surface area contributed by atoms with E-state index in [2.05, 4.69) is 81.4 Å². The lowest BCUT2D eigenvalue weighted by Gasteiger charge is -2.23. The first-order valence-electron chi connectivity index (χ1n) is 8.80. The molecule has 0 radical (unpaired) electrons. The Kier molecular flexibility index (Phi) is 5.47. The van der Waals surface area contributed by atoms with Crippen LogP contribution in [0.15, 0.2) is 58.3 Å². The second kappa shape index (κ2) is 7.58. The molecular formula is C22H27NS. The Morgan fingerprint density at radius 2 is 1.75 bits per heavy atom. The van der Waals surface area contributed by atoms with E-state index < -0.39 is 0 Å². The third-order valence-corrected chi connectivity index (χ3v) is 5.45. The average molecular weight is 338 g/mol. The maximum Gasteiger partial charge on any atom is 0.0201 e. The summed E-state index contributed by atoms with van der Waals surface area (Å²) in [5, 5.41) is 0. The molecule has 2 aromatic carbocycles. The minimum absolute atomic E-state index is 0.688. The van der Waals surface area contributed by atoms with Crippen LogP contribution in [0.4, 0.5) is 0 Å². The molecule has 126 valence electrons. The van der Waals surface area contributed by atoms with E-state index in [1.165, 1.54) is 32.1 Å². The van der Waals surface area contributed by atoms with E-state index in [0.717, 1.165) is 19.4 Å². The van der Waals surface area contributed by atoms with Gasteiger partial charge in [-0.25, -0.2) is 0 Å². The third kappa shape index (κ3) is 3.93. The van der Waals surface area contributed by atoms with Crippen LogP contribution < -0.4 is 0 Å². The standard InChI is InChI=1S/C22H27NS/c1-16(2)14-17-11-12-22-20(15-17)18(9-7-13-23(3)4)19-8-5-6-10-21(19)24-22/h5-6,8-12,15-16H,7,13-14H2,1-4H3/b18-9-. The van der Waals surface area contributed by atoms with Gasteiger partial charge in [0.05, 0.1) is 0 Å². The van der Waals surface area contributed by atoms with E-state index in [4.69, 9.17) is 0 Å². The first-order chi connectivity index (χ1) is 11.5. The molecule has 0 bridgehead atoms. The first kappa shape index (κ1) is 17.3.